The van der Waals surface area contributed by atoms with Gasteiger partial charge in [-0.25, -0.2) is 9.78 Å². The van der Waals surface area contributed by atoms with Gasteiger partial charge in [0.05, 0.1) is 37.3 Å². The topological polar surface area (TPSA) is 270 Å². The molecular formula is C43H62N10O10. The second-order valence-electron chi connectivity index (χ2n) is 17.0. The highest BCUT2D eigenvalue weighted by molar-refractivity contribution is 5.97. The summed E-state index contributed by atoms with van der Waals surface area (Å²) in [6.07, 6.45) is 6.25. The Hall–Kier alpha value is -6.18. The SMILES string of the molecule is CCC[C@H](NC(=O)[C@@H]1CN(C(=O)OC(C)(C)C)C[C@@H]1NC(=O)CNC(=O)[C@@H](NC(=O)c1cnccn1)C1CCCCC1)C(O)C(=O)NCC(=O)N[C@H](C(=O)N(C)C)c1ccccc1. The summed E-state index contributed by atoms with van der Waals surface area (Å²) in [6, 6.07) is 4.46. The molecule has 20 heteroatoms. The van der Waals surface area contributed by atoms with Gasteiger partial charge in [0, 0.05) is 39.6 Å². The summed E-state index contributed by atoms with van der Waals surface area (Å²) in [5.74, 6) is -5.83. The number of hydrogen-bond donors (Lipinski definition) is 7. The number of benzene rings is 1. The Bertz CT molecular complexity index is 1910. The molecule has 1 saturated heterocycles. The van der Waals surface area contributed by atoms with Crippen LogP contribution < -0.4 is 31.9 Å². The summed E-state index contributed by atoms with van der Waals surface area (Å²) < 4.78 is 5.53. The first-order valence-corrected chi connectivity index (χ1v) is 21.3. The fourth-order valence-electron chi connectivity index (χ4n) is 7.49. The molecule has 0 spiro atoms. The number of aliphatic hydroxyl groups is 1. The quantitative estimate of drug-likeness (QED) is 0.107. The predicted molar refractivity (Wildman–Crippen MR) is 228 cm³/mol. The van der Waals surface area contributed by atoms with Gasteiger partial charge in [0.2, 0.25) is 29.5 Å². The smallest absolute Gasteiger partial charge is 0.410 e. The summed E-state index contributed by atoms with van der Waals surface area (Å²) in [7, 11) is 3.09. The Morgan fingerprint density at radius 1 is 0.873 bits per heavy atom. The lowest BCUT2D eigenvalue weighted by molar-refractivity contribution is -0.136. The predicted octanol–water partition coefficient (Wildman–Crippen LogP) is 0.331. The lowest BCUT2D eigenvalue weighted by Gasteiger charge is -2.30. The largest absolute Gasteiger partial charge is 0.444 e. The van der Waals surface area contributed by atoms with Crippen LogP contribution in [0.1, 0.15) is 94.7 Å². The van der Waals surface area contributed by atoms with Crippen molar-refractivity contribution >= 4 is 47.4 Å². The van der Waals surface area contributed by atoms with Crippen molar-refractivity contribution in [2.75, 3.05) is 40.3 Å². The number of aliphatic hydroxyl groups excluding tert-OH is 1. The molecule has 0 radical (unpaired) electrons. The fourth-order valence-corrected chi connectivity index (χ4v) is 7.49. The van der Waals surface area contributed by atoms with Gasteiger partial charge < -0.3 is 51.5 Å². The lowest BCUT2D eigenvalue weighted by Crippen LogP contribution is -2.56. The van der Waals surface area contributed by atoms with Gasteiger partial charge in [0.15, 0.2) is 6.10 Å². The molecule has 7 N–H and O–H groups in total. The molecule has 1 unspecified atom stereocenters. The molecule has 1 aliphatic heterocycles. The zero-order valence-electron chi connectivity index (χ0n) is 36.8. The van der Waals surface area contributed by atoms with E-state index in [1.807, 2.05) is 0 Å². The van der Waals surface area contributed by atoms with E-state index in [4.69, 9.17) is 4.74 Å². The lowest BCUT2D eigenvalue weighted by atomic mass is 9.83. The highest BCUT2D eigenvalue weighted by atomic mass is 16.6. The average Bonchev–Trinajstić information content (AvgIpc) is 3.69. The van der Waals surface area contributed by atoms with Crippen molar-refractivity contribution in [1.82, 2.24) is 51.7 Å². The Balaban J connectivity index is 1.41. The van der Waals surface area contributed by atoms with Crippen LogP contribution in [0.4, 0.5) is 4.79 Å². The van der Waals surface area contributed by atoms with Crippen LogP contribution in [0.2, 0.25) is 0 Å². The number of ether oxygens (including phenoxy) is 1. The van der Waals surface area contributed by atoms with Crippen molar-refractivity contribution in [2.45, 2.75) is 109 Å². The van der Waals surface area contributed by atoms with E-state index < -0.39 is 102 Å². The molecule has 20 nitrogen and oxygen atoms in total. The molecule has 0 bridgehead atoms. The normalized spacial score (nSPS) is 18.4. The van der Waals surface area contributed by atoms with Crippen LogP contribution in [0.25, 0.3) is 0 Å². The summed E-state index contributed by atoms with van der Waals surface area (Å²) in [5.41, 5.74) is -0.308. The number of aromatic nitrogens is 2. The first kappa shape index (κ1) is 49.5. The monoisotopic (exact) mass is 878 g/mol. The highest BCUT2D eigenvalue weighted by Crippen LogP contribution is 2.27. The van der Waals surface area contributed by atoms with Crippen molar-refractivity contribution in [1.29, 1.82) is 0 Å². The van der Waals surface area contributed by atoms with Crippen LogP contribution in [-0.4, -0.2) is 142 Å². The van der Waals surface area contributed by atoms with Crippen molar-refractivity contribution in [3.05, 3.63) is 60.2 Å². The Kier molecular flexibility index (Phi) is 18.3. The third-order valence-electron chi connectivity index (χ3n) is 10.7. The number of hydrogen-bond acceptors (Lipinski definition) is 12. The van der Waals surface area contributed by atoms with Crippen LogP contribution in [0.3, 0.4) is 0 Å². The highest BCUT2D eigenvalue weighted by Gasteiger charge is 2.43. The molecule has 1 saturated carbocycles. The molecule has 2 fully saturated rings. The number of amides is 8. The average molecular weight is 879 g/mol. The van der Waals surface area contributed by atoms with E-state index in [0.717, 1.165) is 19.3 Å². The first-order valence-electron chi connectivity index (χ1n) is 21.3. The molecule has 2 aliphatic rings. The van der Waals surface area contributed by atoms with E-state index in [9.17, 15) is 43.5 Å². The molecule has 1 aromatic carbocycles. The zero-order chi connectivity index (χ0) is 46.3. The molecule has 2 aromatic rings. The van der Waals surface area contributed by atoms with Gasteiger partial charge >= 0.3 is 6.09 Å². The fraction of sp³-hybridized carbons (Fsp3) is 0.581. The second kappa shape index (κ2) is 23.3. The second-order valence-corrected chi connectivity index (χ2v) is 17.0. The molecular weight excluding hydrogens is 817 g/mol. The third kappa shape index (κ3) is 15.0. The van der Waals surface area contributed by atoms with Gasteiger partial charge in [0.25, 0.3) is 11.8 Å². The van der Waals surface area contributed by atoms with Gasteiger partial charge in [-0.15, -0.1) is 0 Å². The van der Waals surface area contributed by atoms with Gasteiger partial charge in [-0.1, -0.05) is 62.9 Å². The maximum Gasteiger partial charge on any atom is 0.410 e. The minimum Gasteiger partial charge on any atom is -0.444 e. The standard InChI is InChI=1S/C43H62N10O10/c1-7-14-29(36(56)40(60)47-23-33(55)50-35(41(61)52(5)6)27-17-12-9-13-18-27)49-37(57)28-24-53(42(62)63-43(2,3)4)25-31(28)48-32(54)22-46-39(59)34(26-15-10-8-11-16-26)51-38(58)30-21-44-19-20-45-30/h9,12-13,17-21,26,28-29,31,34-36,56H,7-8,10-11,14-16,22-25H2,1-6H3,(H,46,59)(H,47,60)(H,48,54)(H,49,57)(H,50,55)(H,51,58)/t28-,29+,31+,34+,35+,36?/m1/s1. The first-order chi connectivity index (χ1) is 29.9. The van der Waals surface area contributed by atoms with Crippen molar-refractivity contribution in [2.24, 2.45) is 11.8 Å². The molecule has 6 atom stereocenters. The number of likely N-dealkylation sites (N-methyl/N-ethyl adjacent to an activating group) is 1. The summed E-state index contributed by atoms with van der Waals surface area (Å²) in [6.45, 7) is 5.40. The molecule has 1 aromatic heterocycles. The summed E-state index contributed by atoms with van der Waals surface area (Å²) >= 11 is 0. The minimum absolute atomic E-state index is 0.0350. The maximum atomic E-state index is 14.0. The van der Waals surface area contributed by atoms with E-state index in [0.29, 0.717) is 24.8 Å². The molecule has 344 valence electrons. The Labute approximate surface area is 367 Å². The van der Waals surface area contributed by atoms with Crippen LogP contribution >= 0.6 is 0 Å². The Morgan fingerprint density at radius 2 is 1.54 bits per heavy atom. The van der Waals surface area contributed by atoms with Crippen LogP contribution in [0.5, 0.6) is 0 Å². The van der Waals surface area contributed by atoms with Gasteiger partial charge in [-0.05, 0) is 51.5 Å². The van der Waals surface area contributed by atoms with Gasteiger partial charge in [0.1, 0.15) is 23.4 Å². The number of carbonyl (C=O) groups excluding carboxylic acids is 8. The van der Waals surface area contributed by atoms with E-state index in [1.54, 1.807) is 72.1 Å². The van der Waals surface area contributed by atoms with E-state index >= 15 is 0 Å². The third-order valence-corrected chi connectivity index (χ3v) is 10.7. The van der Waals surface area contributed by atoms with E-state index in [2.05, 4.69) is 41.9 Å². The maximum absolute atomic E-state index is 14.0. The molecule has 4 rings (SSSR count). The summed E-state index contributed by atoms with van der Waals surface area (Å²) in [5, 5.41) is 27.0. The number of likely N-dealkylation sites (tertiary alicyclic amines) is 1. The van der Waals surface area contributed by atoms with E-state index in [1.165, 1.54) is 28.4 Å². The van der Waals surface area contributed by atoms with Gasteiger partial charge in [-0.2, -0.15) is 0 Å². The summed E-state index contributed by atoms with van der Waals surface area (Å²) in [4.78, 5) is 117. The zero-order valence-corrected chi connectivity index (χ0v) is 36.8. The number of rotatable bonds is 18. The van der Waals surface area contributed by atoms with Crippen molar-refractivity contribution < 1.29 is 48.2 Å². The van der Waals surface area contributed by atoms with Crippen LogP contribution in [-0.2, 0) is 33.5 Å². The van der Waals surface area contributed by atoms with Crippen LogP contribution in [0.15, 0.2) is 48.9 Å². The molecule has 2 heterocycles. The van der Waals surface area contributed by atoms with Crippen molar-refractivity contribution in [3.63, 3.8) is 0 Å². The van der Waals surface area contributed by atoms with E-state index in [-0.39, 0.29) is 31.1 Å². The number of nitrogens with zero attached hydrogens (tertiary/aromatic N) is 4. The Morgan fingerprint density at radius 3 is 2.16 bits per heavy atom. The van der Waals surface area contributed by atoms with Crippen LogP contribution in [0, 0.1) is 11.8 Å². The molecule has 8 amide bonds. The molecule has 1 aliphatic carbocycles. The number of carbonyl (C=O) groups is 8. The van der Waals surface area contributed by atoms with Crippen molar-refractivity contribution in [3.8, 4) is 0 Å². The minimum atomic E-state index is -1.81. The molecule has 63 heavy (non-hydrogen) atoms. The number of nitrogens with one attached hydrogen (secondary N) is 6. The van der Waals surface area contributed by atoms with Gasteiger partial charge in [-0.3, -0.25) is 38.5 Å².